The van der Waals surface area contributed by atoms with Gasteiger partial charge in [-0.2, -0.15) is 13.2 Å². The third-order valence-electron chi connectivity index (χ3n) is 4.18. The molecule has 3 rings (SSSR count). The second kappa shape index (κ2) is 6.80. The fourth-order valence-corrected chi connectivity index (χ4v) is 3.17. The molecule has 3 aromatic rings. The van der Waals surface area contributed by atoms with Gasteiger partial charge in [-0.05, 0) is 24.6 Å². The molecule has 2 aromatic heterocycles. The molecule has 1 N–H and O–H groups in total. The van der Waals surface area contributed by atoms with E-state index in [0.29, 0.717) is 28.7 Å². The fourth-order valence-electron chi connectivity index (χ4n) is 2.83. The summed E-state index contributed by atoms with van der Waals surface area (Å²) in [4.78, 5) is 18.4. The van der Waals surface area contributed by atoms with Crippen LogP contribution < -0.4 is 5.56 Å². The summed E-state index contributed by atoms with van der Waals surface area (Å²) in [5, 5.41) is 8.19. The molecule has 0 saturated heterocycles. The summed E-state index contributed by atoms with van der Waals surface area (Å²) in [6.45, 7) is 3.41. The van der Waals surface area contributed by atoms with Gasteiger partial charge in [0.05, 0.1) is 5.56 Å². The number of aromatic nitrogens is 5. The molecule has 0 bridgehead atoms. The van der Waals surface area contributed by atoms with Crippen LogP contribution in [0.25, 0.3) is 11.5 Å². The third kappa shape index (κ3) is 3.73. The van der Waals surface area contributed by atoms with Crippen LogP contribution in [-0.4, -0.2) is 24.7 Å². The van der Waals surface area contributed by atoms with Gasteiger partial charge in [-0.15, -0.1) is 10.2 Å². The van der Waals surface area contributed by atoms with Crippen LogP contribution in [0.4, 0.5) is 13.2 Å². The number of halogens is 4. The Kier molecular flexibility index (Phi) is 4.81. The van der Waals surface area contributed by atoms with Crippen molar-refractivity contribution in [3.05, 3.63) is 62.4 Å². The molecule has 0 spiro atoms. The predicted octanol–water partition coefficient (Wildman–Crippen LogP) is 3.70. The highest BCUT2D eigenvalue weighted by Crippen LogP contribution is 2.36. The molecule has 0 aliphatic carbocycles. The van der Waals surface area contributed by atoms with Gasteiger partial charge in [0, 0.05) is 24.1 Å². The van der Waals surface area contributed by atoms with Gasteiger partial charge < -0.3 is 9.55 Å². The van der Waals surface area contributed by atoms with Crippen LogP contribution in [0.3, 0.4) is 0 Å². The first-order valence-corrected chi connectivity index (χ1v) is 8.30. The van der Waals surface area contributed by atoms with Crippen molar-refractivity contribution in [2.45, 2.75) is 25.9 Å². The van der Waals surface area contributed by atoms with Gasteiger partial charge in [-0.25, -0.2) is 4.98 Å². The number of aryl methyl sites for hydroxylation is 1. The van der Waals surface area contributed by atoms with Crippen LogP contribution in [0.15, 0.2) is 29.1 Å². The monoisotopic (exact) mass is 397 g/mol. The minimum absolute atomic E-state index is 0.00741. The molecule has 1 atom stereocenters. The molecule has 6 nitrogen and oxygen atoms in total. The number of benzene rings is 1. The lowest BCUT2D eigenvalue weighted by Gasteiger charge is -2.15. The Morgan fingerprint density at radius 1 is 1.22 bits per heavy atom. The Morgan fingerprint density at radius 3 is 2.52 bits per heavy atom. The number of nitrogens with one attached hydrogen (secondary N) is 1. The zero-order valence-electron chi connectivity index (χ0n) is 14.6. The Morgan fingerprint density at radius 2 is 1.93 bits per heavy atom. The first-order valence-electron chi connectivity index (χ1n) is 7.92. The number of rotatable bonds is 3. The van der Waals surface area contributed by atoms with Gasteiger partial charge in [-0.3, -0.25) is 4.79 Å². The van der Waals surface area contributed by atoms with Crippen LogP contribution in [0.1, 0.15) is 35.6 Å². The fraction of sp³-hybridized carbons (Fsp3) is 0.294. The van der Waals surface area contributed by atoms with E-state index in [1.54, 1.807) is 25.5 Å². The normalized spacial score (nSPS) is 13.0. The van der Waals surface area contributed by atoms with E-state index in [9.17, 15) is 18.0 Å². The highest BCUT2D eigenvalue weighted by Gasteiger charge is 2.31. The number of alkyl halides is 3. The molecule has 0 fully saturated rings. The summed E-state index contributed by atoms with van der Waals surface area (Å²) in [5.74, 6) is 0.857. The van der Waals surface area contributed by atoms with Crippen molar-refractivity contribution in [3.63, 3.8) is 0 Å². The average molecular weight is 398 g/mol. The molecule has 2 heterocycles. The molecular weight excluding hydrogens is 383 g/mol. The third-order valence-corrected chi connectivity index (χ3v) is 4.51. The predicted molar refractivity (Wildman–Crippen MR) is 93.6 cm³/mol. The average Bonchev–Trinajstić information content (AvgIpc) is 2.94. The molecule has 0 radical (unpaired) electrons. The zero-order chi connectivity index (χ0) is 19.9. The van der Waals surface area contributed by atoms with Gasteiger partial charge in [0.25, 0.3) is 5.56 Å². The van der Waals surface area contributed by atoms with E-state index in [-0.39, 0.29) is 10.6 Å². The molecule has 0 saturated carbocycles. The topological polar surface area (TPSA) is 76.5 Å². The van der Waals surface area contributed by atoms with Crippen molar-refractivity contribution < 1.29 is 13.2 Å². The minimum atomic E-state index is -4.47. The lowest BCUT2D eigenvalue weighted by atomic mass is 9.98. The second-order valence-electron chi connectivity index (χ2n) is 6.11. The Hall–Kier alpha value is -2.68. The molecule has 1 unspecified atom stereocenters. The van der Waals surface area contributed by atoms with Crippen LogP contribution in [0.2, 0.25) is 5.02 Å². The van der Waals surface area contributed by atoms with E-state index < -0.39 is 17.7 Å². The van der Waals surface area contributed by atoms with Gasteiger partial charge >= 0.3 is 6.18 Å². The summed E-state index contributed by atoms with van der Waals surface area (Å²) in [7, 11) is 1.69. The van der Waals surface area contributed by atoms with Gasteiger partial charge in [0.1, 0.15) is 17.3 Å². The minimum Gasteiger partial charge on any atom is -0.312 e. The quantitative estimate of drug-likeness (QED) is 0.731. The number of nitrogens with zero attached hydrogens (tertiary/aromatic N) is 4. The lowest BCUT2D eigenvalue weighted by Crippen LogP contribution is -2.11. The molecule has 0 amide bonds. The summed E-state index contributed by atoms with van der Waals surface area (Å²) in [5.41, 5.74) is -0.295. The molecule has 10 heteroatoms. The van der Waals surface area contributed by atoms with Gasteiger partial charge in [0.2, 0.25) is 0 Å². The summed E-state index contributed by atoms with van der Waals surface area (Å²) in [6, 6.07) is 4.51. The number of hydrogen-bond acceptors (Lipinski definition) is 4. The molecular formula is C17H15ClF3N5O. The summed E-state index contributed by atoms with van der Waals surface area (Å²) in [6.07, 6.45) is -4.47. The van der Waals surface area contributed by atoms with E-state index in [1.165, 1.54) is 12.1 Å². The summed E-state index contributed by atoms with van der Waals surface area (Å²) >= 11 is 6.08. The van der Waals surface area contributed by atoms with Crippen molar-refractivity contribution in [1.82, 2.24) is 24.7 Å². The van der Waals surface area contributed by atoms with Crippen LogP contribution >= 0.6 is 11.6 Å². The molecule has 142 valence electrons. The highest BCUT2D eigenvalue weighted by molar-refractivity contribution is 6.31. The van der Waals surface area contributed by atoms with Crippen molar-refractivity contribution in [2.24, 2.45) is 7.05 Å². The Balaban J connectivity index is 2.01. The maximum absolute atomic E-state index is 12.8. The van der Waals surface area contributed by atoms with E-state index in [0.717, 1.165) is 12.1 Å². The van der Waals surface area contributed by atoms with E-state index in [1.807, 2.05) is 0 Å². The zero-order valence-corrected chi connectivity index (χ0v) is 15.4. The van der Waals surface area contributed by atoms with Crippen molar-refractivity contribution in [2.75, 3.05) is 0 Å². The maximum atomic E-state index is 12.8. The lowest BCUT2D eigenvalue weighted by molar-refractivity contribution is -0.137. The van der Waals surface area contributed by atoms with E-state index >= 15 is 0 Å². The standard InChI is InChI=1S/C17H15ClF3N5O/c1-8(11-5-4-10(6-12(11)18)17(19,20)21)15-24-25-16(26(15)3)13-7-14(27)23-9(2)22-13/h4-8H,1-3H3,(H,22,23,27). The maximum Gasteiger partial charge on any atom is 0.416 e. The van der Waals surface area contributed by atoms with Crippen molar-refractivity contribution >= 4 is 11.6 Å². The highest BCUT2D eigenvalue weighted by atomic mass is 35.5. The number of aromatic amines is 1. The van der Waals surface area contributed by atoms with Crippen LogP contribution in [-0.2, 0) is 13.2 Å². The van der Waals surface area contributed by atoms with Gasteiger partial charge in [-0.1, -0.05) is 24.6 Å². The molecule has 27 heavy (non-hydrogen) atoms. The van der Waals surface area contributed by atoms with E-state index in [2.05, 4.69) is 20.2 Å². The number of H-pyrrole nitrogens is 1. The second-order valence-corrected chi connectivity index (χ2v) is 6.52. The first-order chi connectivity index (χ1) is 12.6. The molecule has 0 aliphatic rings. The number of hydrogen-bond donors (Lipinski definition) is 1. The molecule has 0 aliphatic heterocycles. The largest absolute Gasteiger partial charge is 0.416 e. The Bertz CT molecular complexity index is 1060. The van der Waals surface area contributed by atoms with Crippen LogP contribution in [0.5, 0.6) is 0 Å². The van der Waals surface area contributed by atoms with E-state index in [4.69, 9.17) is 11.6 Å². The summed E-state index contributed by atoms with van der Waals surface area (Å²) < 4.78 is 40.1. The van der Waals surface area contributed by atoms with Crippen molar-refractivity contribution in [1.29, 1.82) is 0 Å². The van der Waals surface area contributed by atoms with Crippen molar-refractivity contribution in [3.8, 4) is 11.5 Å². The Labute approximate surface area is 157 Å². The van der Waals surface area contributed by atoms with Crippen LogP contribution in [0, 0.1) is 6.92 Å². The molecule has 1 aromatic carbocycles. The smallest absolute Gasteiger partial charge is 0.312 e. The first kappa shape index (κ1) is 19.1. The van der Waals surface area contributed by atoms with Gasteiger partial charge in [0.15, 0.2) is 5.82 Å². The SMILES string of the molecule is Cc1nc(-c2nnc(C(C)c3ccc(C(F)(F)F)cc3Cl)n2C)cc(=O)[nH]1.